The van der Waals surface area contributed by atoms with E-state index < -0.39 is 0 Å². The van der Waals surface area contributed by atoms with Gasteiger partial charge in [-0.2, -0.15) is 0 Å². The van der Waals surface area contributed by atoms with Gasteiger partial charge >= 0.3 is 0 Å². The Bertz CT molecular complexity index is 388. The molecule has 0 saturated carbocycles. The summed E-state index contributed by atoms with van der Waals surface area (Å²) in [4.78, 5) is 0. The first-order chi connectivity index (χ1) is 7.08. The normalized spacial score (nSPS) is 10.3. The lowest BCUT2D eigenvalue weighted by Gasteiger charge is -2.04. The van der Waals surface area contributed by atoms with Crippen LogP contribution in [0, 0.1) is 5.82 Å². The second-order valence-electron chi connectivity index (χ2n) is 3.20. The van der Waals surface area contributed by atoms with E-state index in [1.54, 1.807) is 24.3 Å². The Balaban J connectivity index is 2.59. The highest BCUT2D eigenvalue weighted by molar-refractivity contribution is 5.27. The Morgan fingerprint density at radius 2 is 1.80 bits per heavy atom. The fourth-order valence-corrected chi connectivity index (χ4v) is 0.923. The lowest BCUT2D eigenvalue weighted by atomic mass is 10.3. The highest BCUT2D eigenvalue weighted by atomic mass is 19.1. The summed E-state index contributed by atoms with van der Waals surface area (Å²) in [6.45, 7) is 9.29. The topological polar surface area (TPSA) is 9.23 Å². The van der Waals surface area contributed by atoms with Crippen molar-refractivity contribution in [1.82, 2.24) is 0 Å². The summed E-state index contributed by atoms with van der Waals surface area (Å²) in [6.07, 6.45) is 3.51. The van der Waals surface area contributed by atoms with Crippen LogP contribution in [0.2, 0.25) is 0 Å². The van der Waals surface area contributed by atoms with Crippen molar-refractivity contribution >= 4 is 0 Å². The van der Waals surface area contributed by atoms with Crippen molar-refractivity contribution in [3.05, 3.63) is 66.7 Å². The van der Waals surface area contributed by atoms with Crippen LogP contribution in [-0.4, -0.2) is 0 Å². The molecule has 0 heterocycles. The molecule has 0 aliphatic heterocycles. The molecule has 1 rings (SSSR count). The Morgan fingerprint density at radius 3 is 2.33 bits per heavy atom. The molecule has 0 unspecified atom stereocenters. The zero-order chi connectivity index (χ0) is 11.3. The lowest BCUT2D eigenvalue weighted by Crippen LogP contribution is -1.90. The molecule has 0 aliphatic rings. The van der Waals surface area contributed by atoms with Gasteiger partial charge in [-0.15, -0.1) is 0 Å². The van der Waals surface area contributed by atoms with Gasteiger partial charge in [0.1, 0.15) is 17.3 Å². The van der Waals surface area contributed by atoms with Crippen LogP contribution in [-0.2, 0) is 0 Å². The fraction of sp³-hybridized carbons (Fsp3) is 0.0769. The number of allylic oxidation sites excluding steroid dienone is 3. The Labute approximate surface area is 89.2 Å². The summed E-state index contributed by atoms with van der Waals surface area (Å²) < 4.78 is 17.9. The Morgan fingerprint density at radius 1 is 1.20 bits per heavy atom. The minimum absolute atomic E-state index is 0.287. The molecule has 0 aromatic heterocycles. The van der Waals surface area contributed by atoms with E-state index in [9.17, 15) is 4.39 Å². The van der Waals surface area contributed by atoms with Gasteiger partial charge in [-0.1, -0.05) is 24.8 Å². The summed E-state index contributed by atoms with van der Waals surface area (Å²) in [5.41, 5.74) is 0.916. The molecule has 0 atom stereocenters. The smallest absolute Gasteiger partial charge is 0.127 e. The molecule has 0 radical (unpaired) electrons. The van der Waals surface area contributed by atoms with E-state index in [1.165, 1.54) is 12.1 Å². The molecular formula is C13H13FO. The van der Waals surface area contributed by atoms with Crippen molar-refractivity contribution < 1.29 is 9.13 Å². The van der Waals surface area contributed by atoms with Crippen LogP contribution in [0.25, 0.3) is 0 Å². The molecule has 2 heteroatoms. The molecule has 1 nitrogen and oxygen atoms in total. The van der Waals surface area contributed by atoms with Crippen molar-refractivity contribution in [2.24, 2.45) is 0 Å². The van der Waals surface area contributed by atoms with Crippen LogP contribution >= 0.6 is 0 Å². The summed E-state index contributed by atoms with van der Waals surface area (Å²) in [5, 5.41) is 0. The molecular weight excluding hydrogens is 191 g/mol. The van der Waals surface area contributed by atoms with Crippen LogP contribution in [0.4, 0.5) is 4.39 Å². The maximum atomic E-state index is 12.6. The third-order valence-corrected chi connectivity index (χ3v) is 1.62. The summed E-state index contributed by atoms with van der Waals surface area (Å²) >= 11 is 0. The molecule has 0 N–H and O–H groups in total. The molecule has 0 saturated heterocycles. The molecule has 78 valence electrons. The van der Waals surface area contributed by atoms with Gasteiger partial charge < -0.3 is 4.74 Å². The van der Waals surface area contributed by atoms with E-state index in [0.717, 1.165) is 5.57 Å². The first kappa shape index (κ1) is 11.2. The van der Waals surface area contributed by atoms with Gasteiger partial charge in [0.05, 0.1) is 0 Å². The van der Waals surface area contributed by atoms with Gasteiger partial charge in [0.25, 0.3) is 0 Å². The van der Waals surface area contributed by atoms with Crippen LogP contribution in [0.15, 0.2) is 60.9 Å². The average Bonchev–Trinajstić information content (AvgIpc) is 2.19. The number of halogens is 1. The van der Waals surface area contributed by atoms with E-state index >= 15 is 0 Å². The maximum Gasteiger partial charge on any atom is 0.127 e. The van der Waals surface area contributed by atoms with Crippen molar-refractivity contribution in [1.29, 1.82) is 0 Å². The van der Waals surface area contributed by atoms with E-state index in [4.69, 9.17) is 4.74 Å². The van der Waals surface area contributed by atoms with Crippen molar-refractivity contribution in [2.45, 2.75) is 6.92 Å². The minimum atomic E-state index is -0.287. The van der Waals surface area contributed by atoms with E-state index in [1.807, 2.05) is 6.92 Å². The van der Waals surface area contributed by atoms with Gasteiger partial charge in [0, 0.05) is 0 Å². The van der Waals surface area contributed by atoms with Gasteiger partial charge in [0.15, 0.2) is 0 Å². The third-order valence-electron chi connectivity index (χ3n) is 1.62. The zero-order valence-corrected chi connectivity index (χ0v) is 8.66. The van der Waals surface area contributed by atoms with Crippen molar-refractivity contribution in [3.8, 4) is 5.75 Å². The lowest BCUT2D eigenvalue weighted by molar-refractivity contribution is 0.445. The fourth-order valence-electron chi connectivity index (χ4n) is 0.923. The standard InChI is InChI=1S/C13H13FO/c1-10(2)4-5-11(3)15-13-8-6-12(14)7-9-13/h4-9H,1,3H2,2H3/b5-4-. The summed E-state index contributed by atoms with van der Waals surface area (Å²) in [5.74, 6) is 0.766. The zero-order valence-electron chi connectivity index (χ0n) is 8.66. The van der Waals surface area contributed by atoms with E-state index in [0.29, 0.717) is 11.5 Å². The molecule has 0 fully saturated rings. The second-order valence-corrected chi connectivity index (χ2v) is 3.20. The van der Waals surface area contributed by atoms with Gasteiger partial charge in [-0.25, -0.2) is 4.39 Å². The van der Waals surface area contributed by atoms with Gasteiger partial charge in [-0.05, 0) is 37.3 Å². The largest absolute Gasteiger partial charge is 0.458 e. The quantitative estimate of drug-likeness (QED) is 0.534. The second kappa shape index (κ2) is 5.15. The maximum absolute atomic E-state index is 12.6. The van der Waals surface area contributed by atoms with Crippen molar-refractivity contribution in [2.75, 3.05) is 0 Å². The molecule has 0 amide bonds. The van der Waals surface area contributed by atoms with Crippen LogP contribution in [0.1, 0.15) is 6.92 Å². The number of hydrogen-bond donors (Lipinski definition) is 0. The Hall–Kier alpha value is -1.83. The number of hydrogen-bond acceptors (Lipinski definition) is 1. The average molecular weight is 204 g/mol. The summed E-state index contributed by atoms with van der Waals surface area (Å²) in [6, 6.07) is 5.78. The van der Waals surface area contributed by atoms with Crippen molar-refractivity contribution in [3.63, 3.8) is 0 Å². The van der Waals surface area contributed by atoms with Crippen LogP contribution in [0.3, 0.4) is 0 Å². The van der Waals surface area contributed by atoms with E-state index in [2.05, 4.69) is 13.2 Å². The van der Waals surface area contributed by atoms with Crippen LogP contribution in [0.5, 0.6) is 5.75 Å². The van der Waals surface area contributed by atoms with Crippen LogP contribution < -0.4 is 4.74 Å². The molecule has 1 aromatic carbocycles. The molecule has 0 aliphatic carbocycles. The SMILES string of the molecule is C=C(C)/C=C\C(=C)Oc1ccc(F)cc1. The third kappa shape index (κ3) is 4.27. The number of ether oxygens (including phenoxy) is 1. The molecule has 15 heavy (non-hydrogen) atoms. The molecule has 0 spiro atoms. The first-order valence-corrected chi connectivity index (χ1v) is 4.54. The molecule has 1 aromatic rings. The van der Waals surface area contributed by atoms with Gasteiger partial charge in [0.2, 0.25) is 0 Å². The van der Waals surface area contributed by atoms with E-state index in [-0.39, 0.29) is 5.82 Å². The summed E-state index contributed by atoms with van der Waals surface area (Å²) in [7, 11) is 0. The highest BCUT2D eigenvalue weighted by Gasteiger charge is 1.95. The van der Waals surface area contributed by atoms with Gasteiger partial charge in [-0.3, -0.25) is 0 Å². The first-order valence-electron chi connectivity index (χ1n) is 4.54. The predicted octanol–water partition coefficient (Wildman–Crippen LogP) is 3.85. The number of rotatable bonds is 4. The minimum Gasteiger partial charge on any atom is -0.458 e. The monoisotopic (exact) mass is 204 g/mol. The predicted molar refractivity (Wildman–Crippen MR) is 60.1 cm³/mol. The molecule has 0 bridgehead atoms. The highest BCUT2D eigenvalue weighted by Crippen LogP contribution is 2.14. The Kier molecular flexibility index (Phi) is 3.86. The number of benzene rings is 1.